The zero-order valence-electron chi connectivity index (χ0n) is 14.7. The number of rotatable bonds is 5. The molecule has 0 aromatic carbocycles. The van der Waals surface area contributed by atoms with E-state index in [4.69, 9.17) is 0 Å². The number of hydrogen-bond acceptors (Lipinski definition) is 4. The molecule has 0 aliphatic carbocycles. The summed E-state index contributed by atoms with van der Waals surface area (Å²) in [6.07, 6.45) is 8.08. The Kier molecular flexibility index (Phi) is 5.31. The van der Waals surface area contributed by atoms with E-state index in [1.165, 1.54) is 6.20 Å². The molecule has 25 heavy (non-hydrogen) atoms. The van der Waals surface area contributed by atoms with Crippen LogP contribution in [0.2, 0.25) is 0 Å². The summed E-state index contributed by atoms with van der Waals surface area (Å²) in [5.41, 5.74) is 1.20. The maximum Gasteiger partial charge on any atom is 0.254 e. The molecular weight excluding hydrogens is 321 g/mol. The number of pyridine rings is 1. The van der Waals surface area contributed by atoms with Crippen LogP contribution < -0.4 is 10.2 Å². The normalized spacial score (nSPS) is 15.6. The second-order valence-corrected chi connectivity index (χ2v) is 6.77. The van der Waals surface area contributed by atoms with Crippen molar-refractivity contribution in [1.29, 1.82) is 0 Å². The van der Waals surface area contributed by atoms with Gasteiger partial charge in [-0.05, 0) is 38.7 Å². The molecule has 1 fully saturated rings. The average molecular weight is 345 g/mol. The Labute approximate surface area is 147 Å². The van der Waals surface area contributed by atoms with Crippen molar-refractivity contribution in [2.45, 2.75) is 32.7 Å². The highest BCUT2D eigenvalue weighted by Gasteiger charge is 2.22. The van der Waals surface area contributed by atoms with Crippen LogP contribution in [0.3, 0.4) is 0 Å². The number of nitrogens with one attached hydrogen (secondary N) is 1. The summed E-state index contributed by atoms with van der Waals surface area (Å²) in [7, 11) is 0. The van der Waals surface area contributed by atoms with Crippen LogP contribution in [0.5, 0.6) is 0 Å². The van der Waals surface area contributed by atoms with Crippen LogP contribution in [-0.2, 0) is 0 Å². The Morgan fingerprint density at radius 1 is 1.36 bits per heavy atom. The van der Waals surface area contributed by atoms with Crippen LogP contribution in [0.1, 0.15) is 43.1 Å². The smallest absolute Gasteiger partial charge is 0.254 e. The summed E-state index contributed by atoms with van der Waals surface area (Å²) in [5, 5.41) is 7.18. The van der Waals surface area contributed by atoms with E-state index in [0.29, 0.717) is 23.7 Å². The Morgan fingerprint density at radius 2 is 2.12 bits per heavy atom. The lowest BCUT2D eigenvalue weighted by atomic mass is 9.96. The summed E-state index contributed by atoms with van der Waals surface area (Å²) < 4.78 is 15.6. The first-order chi connectivity index (χ1) is 12.0. The van der Waals surface area contributed by atoms with Crippen LogP contribution in [-0.4, -0.2) is 40.3 Å². The summed E-state index contributed by atoms with van der Waals surface area (Å²) in [6, 6.07) is 1.95. The minimum atomic E-state index is -0.281. The number of halogens is 1. The molecule has 7 heteroatoms. The minimum absolute atomic E-state index is 0.0884. The van der Waals surface area contributed by atoms with Crippen LogP contribution >= 0.6 is 0 Å². The first-order valence-electron chi connectivity index (χ1n) is 8.71. The zero-order chi connectivity index (χ0) is 17.8. The molecule has 2 aromatic rings. The van der Waals surface area contributed by atoms with E-state index >= 15 is 0 Å². The Balaban J connectivity index is 1.47. The van der Waals surface area contributed by atoms with Gasteiger partial charge in [-0.2, -0.15) is 5.10 Å². The van der Waals surface area contributed by atoms with Crippen molar-refractivity contribution in [3.63, 3.8) is 0 Å². The number of hydrogen-bond donors (Lipinski definition) is 1. The highest BCUT2D eigenvalue weighted by atomic mass is 19.1. The molecule has 0 spiro atoms. The van der Waals surface area contributed by atoms with Gasteiger partial charge in [0.1, 0.15) is 0 Å². The monoisotopic (exact) mass is 345 g/mol. The second-order valence-electron chi connectivity index (χ2n) is 6.77. The van der Waals surface area contributed by atoms with Gasteiger partial charge in [-0.3, -0.25) is 14.5 Å². The minimum Gasteiger partial charge on any atom is -0.369 e. The summed E-state index contributed by atoms with van der Waals surface area (Å²) in [6.45, 7) is 6.25. The lowest BCUT2D eigenvalue weighted by molar-refractivity contribution is 0.0945. The number of amides is 1. The fourth-order valence-electron chi connectivity index (χ4n) is 3.08. The molecule has 2 aromatic heterocycles. The van der Waals surface area contributed by atoms with Crippen molar-refractivity contribution in [1.82, 2.24) is 20.1 Å². The van der Waals surface area contributed by atoms with E-state index in [9.17, 15) is 9.18 Å². The maximum absolute atomic E-state index is 13.8. The van der Waals surface area contributed by atoms with Gasteiger partial charge >= 0.3 is 0 Å². The largest absolute Gasteiger partial charge is 0.369 e. The number of carbonyl (C=O) groups is 1. The number of nitrogens with zero attached hydrogens (tertiary/aromatic N) is 4. The first kappa shape index (κ1) is 17.4. The van der Waals surface area contributed by atoms with Crippen molar-refractivity contribution in [2.24, 2.45) is 5.92 Å². The first-order valence-corrected chi connectivity index (χ1v) is 8.71. The zero-order valence-corrected chi connectivity index (χ0v) is 14.7. The van der Waals surface area contributed by atoms with Gasteiger partial charge in [-0.15, -0.1) is 0 Å². The molecule has 134 valence electrons. The molecule has 0 radical (unpaired) electrons. The molecule has 1 saturated heterocycles. The maximum atomic E-state index is 13.8. The SMILES string of the molecule is CC(C)n1cc(C(=O)NCC2CCN(c3ccncc3F)CC2)cn1. The van der Waals surface area contributed by atoms with Gasteiger partial charge in [0.25, 0.3) is 5.91 Å². The Morgan fingerprint density at radius 3 is 2.76 bits per heavy atom. The van der Waals surface area contributed by atoms with E-state index in [1.807, 2.05) is 18.7 Å². The highest BCUT2D eigenvalue weighted by molar-refractivity contribution is 5.93. The molecular formula is C18H24FN5O. The molecule has 1 aliphatic rings. The quantitative estimate of drug-likeness (QED) is 0.905. The van der Waals surface area contributed by atoms with Gasteiger partial charge in [0.15, 0.2) is 5.82 Å². The fourth-order valence-corrected chi connectivity index (χ4v) is 3.08. The predicted octanol–water partition coefficient (Wildman–Crippen LogP) is 2.64. The number of piperidine rings is 1. The average Bonchev–Trinajstić information content (AvgIpc) is 3.11. The fraction of sp³-hybridized carbons (Fsp3) is 0.500. The van der Waals surface area contributed by atoms with Gasteiger partial charge in [0, 0.05) is 38.1 Å². The van der Waals surface area contributed by atoms with Gasteiger partial charge < -0.3 is 10.2 Å². The molecule has 0 atom stereocenters. The van der Waals surface area contributed by atoms with Crippen LogP contribution in [0.4, 0.5) is 10.1 Å². The molecule has 3 rings (SSSR count). The third-order valence-corrected chi connectivity index (χ3v) is 4.65. The van der Waals surface area contributed by atoms with Gasteiger partial charge in [-0.1, -0.05) is 0 Å². The molecule has 1 aliphatic heterocycles. The topological polar surface area (TPSA) is 63.1 Å². The molecule has 0 bridgehead atoms. The van der Waals surface area contributed by atoms with Gasteiger partial charge in [0.2, 0.25) is 0 Å². The third kappa shape index (κ3) is 4.15. The van der Waals surface area contributed by atoms with E-state index in [1.54, 1.807) is 29.3 Å². The van der Waals surface area contributed by atoms with E-state index < -0.39 is 0 Å². The lowest BCUT2D eigenvalue weighted by Gasteiger charge is -2.33. The molecule has 0 unspecified atom stereocenters. The van der Waals surface area contributed by atoms with Crippen molar-refractivity contribution in [3.8, 4) is 0 Å². The van der Waals surface area contributed by atoms with Crippen LogP contribution in [0, 0.1) is 11.7 Å². The van der Waals surface area contributed by atoms with Crippen LogP contribution in [0.25, 0.3) is 0 Å². The summed E-state index contributed by atoms with van der Waals surface area (Å²) in [4.78, 5) is 18.1. The second kappa shape index (κ2) is 7.63. The third-order valence-electron chi connectivity index (χ3n) is 4.65. The molecule has 3 heterocycles. The van der Waals surface area contributed by atoms with E-state index in [0.717, 1.165) is 25.9 Å². The predicted molar refractivity (Wildman–Crippen MR) is 94.1 cm³/mol. The number of carbonyl (C=O) groups excluding carboxylic acids is 1. The van der Waals surface area contributed by atoms with Crippen molar-refractivity contribution in [3.05, 3.63) is 42.2 Å². The van der Waals surface area contributed by atoms with Crippen molar-refractivity contribution < 1.29 is 9.18 Å². The van der Waals surface area contributed by atoms with Crippen molar-refractivity contribution in [2.75, 3.05) is 24.5 Å². The van der Waals surface area contributed by atoms with Crippen molar-refractivity contribution >= 4 is 11.6 Å². The molecule has 6 nitrogen and oxygen atoms in total. The standard InChI is InChI=1S/C18H24FN5O/c1-13(2)24-12-15(10-22-24)18(25)21-9-14-4-7-23(8-5-14)17-3-6-20-11-16(17)19/h3,6,10-14H,4-5,7-9H2,1-2H3,(H,21,25). The molecule has 1 N–H and O–H groups in total. The van der Waals surface area contributed by atoms with Crippen LogP contribution in [0.15, 0.2) is 30.9 Å². The summed E-state index contributed by atoms with van der Waals surface area (Å²) in [5.74, 6) is 0.0381. The molecule has 1 amide bonds. The Hall–Kier alpha value is -2.44. The van der Waals surface area contributed by atoms with E-state index in [-0.39, 0.29) is 17.8 Å². The van der Waals surface area contributed by atoms with Gasteiger partial charge in [0.05, 0.1) is 23.6 Å². The number of anilines is 1. The van der Waals surface area contributed by atoms with E-state index in [2.05, 4.69) is 15.4 Å². The Bertz CT molecular complexity index is 722. The number of aromatic nitrogens is 3. The lowest BCUT2D eigenvalue weighted by Crippen LogP contribution is -2.39. The molecule has 0 saturated carbocycles. The summed E-state index contributed by atoms with van der Waals surface area (Å²) >= 11 is 0. The van der Waals surface area contributed by atoms with Gasteiger partial charge in [-0.25, -0.2) is 4.39 Å². The highest BCUT2D eigenvalue weighted by Crippen LogP contribution is 2.24.